The van der Waals surface area contributed by atoms with E-state index in [2.05, 4.69) is 0 Å². The molecule has 0 atom stereocenters. The maximum absolute atomic E-state index is 12.0. The topological polar surface area (TPSA) is 39.4 Å². The molecule has 3 nitrogen and oxygen atoms in total. The molecule has 0 amide bonds. The summed E-state index contributed by atoms with van der Waals surface area (Å²) in [6.45, 7) is 5.85. The van der Waals surface area contributed by atoms with Gasteiger partial charge in [-0.05, 0) is 56.7 Å². The summed E-state index contributed by atoms with van der Waals surface area (Å²) in [6, 6.07) is 11.0. The first-order chi connectivity index (χ1) is 9.52. The lowest BCUT2D eigenvalue weighted by Gasteiger charge is -2.11. The predicted octanol–water partition coefficient (Wildman–Crippen LogP) is 3.99. The Kier molecular flexibility index (Phi) is 2.97. The van der Waals surface area contributed by atoms with Crippen LogP contribution in [-0.2, 0) is 0 Å². The van der Waals surface area contributed by atoms with Gasteiger partial charge in [0.15, 0.2) is 5.43 Å². The third-order valence-corrected chi connectivity index (χ3v) is 3.13. The van der Waals surface area contributed by atoms with E-state index in [1.165, 1.54) is 0 Å². The molecule has 0 spiro atoms. The Morgan fingerprint density at radius 3 is 2.65 bits per heavy atom. The zero-order chi connectivity index (χ0) is 14.3. The van der Waals surface area contributed by atoms with Crippen molar-refractivity contribution in [2.24, 2.45) is 0 Å². The smallest absolute Gasteiger partial charge is 0.189 e. The predicted molar refractivity (Wildman–Crippen MR) is 79.6 cm³/mol. The SMILES string of the molecule is Cc1cc2oc3cc(OC(C)C)ccc3cc-2c(=O)c1. The second kappa shape index (κ2) is 4.67. The molecule has 0 saturated carbocycles. The fourth-order valence-corrected chi connectivity index (χ4v) is 2.30. The number of hydrogen-bond acceptors (Lipinski definition) is 3. The average Bonchev–Trinajstić information content (AvgIpc) is 2.35. The molecule has 20 heavy (non-hydrogen) atoms. The molecule has 1 aromatic carbocycles. The highest BCUT2D eigenvalue weighted by atomic mass is 16.5. The van der Waals surface area contributed by atoms with Crippen molar-refractivity contribution in [3.63, 3.8) is 0 Å². The van der Waals surface area contributed by atoms with Crippen LogP contribution in [0.15, 0.2) is 45.6 Å². The molecule has 0 fully saturated rings. The summed E-state index contributed by atoms with van der Waals surface area (Å²) in [6.07, 6.45) is 0.114. The lowest BCUT2D eigenvalue weighted by molar-refractivity contribution is 0.242. The maximum Gasteiger partial charge on any atom is 0.189 e. The van der Waals surface area contributed by atoms with Crippen molar-refractivity contribution in [2.45, 2.75) is 26.9 Å². The third kappa shape index (κ3) is 2.27. The van der Waals surface area contributed by atoms with E-state index in [9.17, 15) is 4.79 Å². The molecule has 3 rings (SSSR count). The molecule has 0 saturated heterocycles. The zero-order valence-corrected chi connectivity index (χ0v) is 11.8. The van der Waals surface area contributed by atoms with Crippen LogP contribution in [0.25, 0.3) is 22.3 Å². The molecular weight excluding hydrogens is 252 g/mol. The Morgan fingerprint density at radius 2 is 1.90 bits per heavy atom. The molecule has 1 heterocycles. The van der Waals surface area contributed by atoms with Crippen molar-refractivity contribution in [2.75, 3.05) is 0 Å². The molecule has 3 heteroatoms. The number of rotatable bonds is 2. The van der Waals surface area contributed by atoms with Crippen LogP contribution in [0, 0.1) is 6.92 Å². The number of fused-ring (bicyclic) bond motifs is 2. The van der Waals surface area contributed by atoms with E-state index >= 15 is 0 Å². The van der Waals surface area contributed by atoms with Gasteiger partial charge < -0.3 is 9.15 Å². The van der Waals surface area contributed by atoms with E-state index in [0.29, 0.717) is 11.3 Å². The maximum atomic E-state index is 12.0. The summed E-state index contributed by atoms with van der Waals surface area (Å²) in [4.78, 5) is 12.0. The first-order valence-corrected chi connectivity index (χ1v) is 6.68. The van der Waals surface area contributed by atoms with Gasteiger partial charge in [-0.15, -0.1) is 0 Å². The quantitative estimate of drug-likeness (QED) is 0.660. The summed E-state index contributed by atoms with van der Waals surface area (Å²) in [5.41, 5.74) is 2.23. The second-order valence-electron chi connectivity index (χ2n) is 5.29. The van der Waals surface area contributed by atoms with Gasteiger partial charge in [0.25, 0.3) is 0 Å². The van der Waals surface area contributed by atoms with Crippen molar-refractivity contribution in [3.8, 4) is 17.1 Å². The molecule has 1 aromatic rings. The molecule has 0 bridgehead atoms. The van der Waals surface area contributed by atoms with E-state index in [-0.39, 0.29) is 11.5 Å². The highest BCUT2D eigenvalue weighted by Gasteiger charge is 2.12. The van der Waals surface area contributed by atoms with Gasteiger partial charge in [-0.2, -0.15) is 0 Å². The van der Waals surface area contributed by atoms with Gasteiger partial charge in [-0.3, -0.25) is 4.79 Å². The van der Waals surface area contributed by atoms with Crippen LogP contribution < -0.4 is 10.2 Å². The molecule has 1 aliphatic heterocycles. The minimum absolute atomic E-state index is 0.00634. The monoisotopic (exact) mass is 268 g/mol. The van der Waals surface area contributed by atoms with E-state index in [4.69, 9.17) is 9.15 Å². The minimum Gasteiger partial charge on any atom is -0.491 e. The number of ether oxygens (including phenoxy) is 1. The molecule has 0 N–H and O–H groups in total. The van der Waals surface area contributed by atoms with E-state index in [1.807, 2.05) is 51.1 Å². The van der Waals surface area contributed by atoms with Gasteiger partial charge in [-0.25, -0.2) is 0 Å². The van der Waals surface area contributed by atoms with Crippen molar-refractivity contribution < 1.29 is 9.15 Å². The van der Waals surface area contributed by atoms with Crippen LogP contribution >= 0.6 is 0 Å². The van der Waals surface area contributed by atoms with Gasteiger partial charge in [0, 0.05) is 11.5 Å². The fourth-order valence-electron chi connectivity index (χ4n) is 2.30. The first-order valence-electron chi connectivity index (χ1n) is 6.68. The summed E-state index contributed by atoms with van der Waals surface area (Å²) in [7, 11) is 0. The second-order valence-corrected chi connectivity index (χ2v) is 5.29. The Balaban J connectivity index is 2.24. The summed E-state index contributed by atoms with van der Waals surface area (Å²) in [5.74, 6) is 1.38. The van der Waals surface area contributed by atoms with Crippen LogP contribution in [0.4, 0.5) is 0 Å². The molecule has 0 radical (unpaired) electrons. The van der Waals surface area contributed by atoms with Crippen LogP contribution in [-0.4, -0.2) is 6.10 Å². The molecular formula is C17H16O3. The Bertz CT molecular complexity index is 799. The van der Waals surface area contributed by atoms with E-state index in [0.717, 1.165) is 22.3 Å². The number of benzene rings is 2. The Hall–Kier alpha value is -2.29. The van der Waals surface area contributed by atoms with Crippen LogP contribution in [0.2, 0.25) is 0 Å². The van der Waals surface area contributed by atoms with Crippen LogP contribution in [0.3, 0.4) is 0 Å². The van der Waals surface area contributed by atoms with Crippen LogP contribution in [0.1, 0.15) is 19.4 Å². The molecule has 0 unspecified atom stereocenters. The number of aryl methyl sites for hydroxylation is 1. The number of hydrogen-bond donors (Lipinski definition) is 0. The highest BCUT2D eigenvalue weighted by Crippen LogP contribution is 2.29. The van der Waals surface area contributed by atoms with E-state index in [1.54, 1.807) is 6.07 Å². The summed E-state index contributed by atoms with van der Waals surface area (Å²) < 4.78 is 11.5. The molecule has 102 valence electrons. The Morgan fingerprint density at radius 1 is 1.10 bits per heavy atom. The lowest BCUT2D eigenvalue weighted by Crippen LogP contribution is -2.06. The Labute approximate surface area is 117 Å². The first kappa shape index (κ1) is 12.7. The van der Waals surface area contributed by atoms with Crippen molar-refractivity contribution in [3.05, 3.63) is 52.2 Å². The fraction of sp³-hybridized carbons (Fsp3) is 0.235. The van der Waals surface area contributed by atoms with Gasteiger partial charge in [0.2, 0.25) is 0 Å². The van der Waals surface area contributed by atoms with Gasteiger partial charge in [-0.1, -0.05) is 0 Å². The summed E-state index contributed by atoms with van der Waals surface area (Å²) in [5, 5.41) is 0.898. The van der Waals surface area contributed by atoms with Crippen LogP contribution in [0.5, 0.6) is 5.75 Å². The minimum atomic E-state index is -0.00634. The zero-order valence-electron chi connectivity index (χ0n) is 11.8. The molecule has 1 aliphatic carbocycles. The van der Waals surface area contributed by atoms with Gasteiger partial charge in [0.05, 0.1) is 11.7 Å². The standard InChI is InChI=1S/C17H16O3/c1-10(2)19-13-5-4-12-8-14-15(18)6-11(3)7-17(14)20-16(12)9-13/h4-10H,1-3H3. The molecule has 0 aromatic heterocycles. The van der Waals surface area contributed by atoms with Gasteiger partial charge in [0.1, 0.15) is 17.1 Å². The average molecular weight is 268 g/mol. The third-order valence-electron chi connectivity index (χ3n) is 3.13. The van der Waals surface area contributed by atoms with Crippen molar-refractivity contribution in [1.29, 1.82) is 0 Å². The van der Waals surface area contributed by atoms with E-state index < -0.39 is 0 Å². The normalized spacial score (nSPS) is 11.4. The van der Waals surface area contributed by atoms with Crippen molar-refractivity contribution >= 4 is 11.0 Å². The molecule has 2 aliphatic rings. The lowest BCUT2D eigenvalue weighted by atomic mass is 10.1. The summed E-state index contributed by atoms with van der Waals surface area (Å²) >= 11 is 0. The van der Waals surface area contributed by atoms with Gasteiger partial charge >= 0.3 is 0 Å². The largest absolute Gasteiger partial charge is 0.491 e. The highest BCUT2D eigenvalue weighted by molar-refractivity contribution is 5.84. The van der Waals surface area contributed by atoms with Crippen molar-refractivity contribution in [1.82, 2.24) is 0 Å².